The summed E-state index contributed by atoms with van der Waals surface area (Å²) in [6.07, 6.45) is 0. The maximum Gasteiger partial charge on any atom is 0.325 e. The molecule has 0 aliphatic rings. The molecular weight excluding hydrogens is 467 g/mol. The number of rotatable bonds is 4. The van der Waals surface area contributed by atoms with E-state index in [0.717, 1.165) is 8.27 Å². The predicted octanol–water partition coefficient (Wildman–Crippen LogP) is 3.23. The average molecular weight is 482 g/mol. The van der Waals surface area contributed by atoms with Crippen LogP contribution in [0.5, 0.6) is 5.75 Å². The van der Waals surface area contributed by atoms with Crippen LogP contribution in [0, 0.1) is 3.57 Å². The van der Waals surface area contributed by atoms with E-state index in [0.29, 0.717) is 21.6 Å². The number of carbonyl (C=O) groups is 2. The Labute approximate surface area is 167 Å². The van der Waals surface area contributed by atoms with Gasteiger partial charge in [-0.15, -0.1) is 0 Å². The van der Waals surface area contributed by atoms with Crippen LogP contribution < -0.4 is 9.54 Å². The summed E-state index contributed by atoms with van der Waals surface area (Å²) in [4.78, 5) is 29.2. The Morgan fingerprint density at radius 2 is 1.92 bits per heavy atom. The highest BCUT2D eigenvalue weighted by Gasteiger charge is 2.16. The molecule has 0 N–H and O–H groups in total. The van der Waals surface area contributed by atoms with Gasteiger partial charge in [-0.1, -0.05) is 29.5 Å². The molecule has 0 bridgehead atoms. The number of amides is 1. The van der Waals surface area contributed by atoms with Crippen LogP contribution in [0.1, 0.15) is 10.4 Å². The highest BCUT2D eigenvalue weighted by Crippen LogP contribution is 2.27. The summed E-state index contributed by atoms with van der Waals surface area (Å²) in [5.41, 5.74) is 1.22. The summed E-state index contributed by atoms with van der Waals surface area (Å²) in [6.45, 7) is -0.0606. The van der Waals surface area contributed by atoms with Crippen LogP contribution in [-0.4, -0.2) is 30.7 Å². The van der Waals surface area contributed by atoms with Gasteiger partial charge in [0.15, 0.2) is 4.80 Å². The number of methoxy groups -OCH3 is 2. The van der Waals surface area contributed by atoms with E-state index in [1.165, 1.54) is 18.4 Å². The van der Waals surface area contributed by atoms with E-state index in [2.05, 4.69) is 27.6 Å². The van der Waals surface area contributed by atoms with Crippen molar-refractivity contribution in [1.82, 2.24) is 4.57 Å². The molecule has 0 aliphatic carbocycles. The Morgan fingerprint density at radius 3 is 2.62 bits per heavy atom. The number of fused-ring (bicyclic) bond motifs is 1. The van der Waals surface area contributed by atoms with Crippen molar-refractivity contribution in [3.8, 4) is 5.75 Å². The van der Waals surface area contributed by atoms with Crippen molar-refractivity contribution >= 4 is 56.0 Å². The molecule has 6 nitrogen and oxygen atoms in total. The number of halogens is 1. The minimum atomic E-state index is -0.432. The van der Waals surface area contributed by atoms with Crippen LogP contribution in [0.2, 0.25) is 0 Å². The molecule has 134 valence electrons. The first-order valence-electron chi connectivity index (χ1n) is 7.62. The van der Waals surface area contributed by atoms with E-state index in [-0.39, 0.29) is 12.5 Å². The molecule has 1 heterocycles. The third-order valence-electron chi connectivity index (χ3n) is 3.70. The number of hydrogen-bond acceptors (Lipinski definition) is 5. The van der Waals surface area contributed by atoms with Gasteiger partial charge in [-0.2, -0.15) is 4.99 Å². The van der Waals surface area contributed by atoms with E-state index >= 15 is 0 Å². The van der Waals surface area contributed by atoms with Crippen LogP contribution in [-0.2, 0) is 16.1 Å². The van der Waals surface area contributed by atoms with Gasteiger partial charge in [0.2, 0.25) is 0 Å². The van der Waals surface area contributed by atoms with Crippen molar-refractivity contribution in [3.63, 3.8) is 0 Å². The first kappa shape index (κ1) is 18.6. The summed E-state index contributed by atoms with van der Waals surface area (Å²) < 4.78 is 13.5. The first-order valence-corrected chi connectivity index (χ1v) is 9.51. The molecule has 0 aliphatic heterocycles. The topological polar surface area (TPSA) is 69.9 Å². The quantitative estimate of drug-likeness (QED) is 0.423. The number of thiazole rings is 1. The zero-order valence-corrected chi connectivity index (χ0v) is 17.0. The van der Waals surface area contributed by atoms with Crippen molar-refractivity contribution in [3.05, 3.63) is 56.4 Å². The van der Waals surface area contributed by atoms with Crippen LogP contribution in [0.3, 0.4) is 0 Å². The molecule has 3 rings (SSSR count). The van der Waals surface area contributed by atoms with E-state index in [1.807, 2.05) is 24.3 Å². The Bertz CT molecular complexity index is 1050. The Balaban J connectivity index is 2.21. The largest absolute Gasteiger partial charge is 0.495 e. The second kappa shape index (κ2) is 8.00. The van der Waals surface area contributed by atoms with Gasteiger partial charge in [-0.3, -0.25) is 9.59 Å². The average Bonchev–Trinajstić information content (AvgIpc) is 2.99. The lowest BCUT2D eigenvalue weighted by atomic mass is 10.2. The standard InChI is InChI=1S/C18H15IN2O4S/c1-24-13-8-5-9-14-16(13)21(10-15(22)25-2)18(26-14)20-17(23)11-6-3-4-7-12(11)19/h3-9H,10H2,1-2H3. The zero-order chi connectivity index (χ0) is 18.7. The first-order chi connectivity index (χ1) is 12.5. The molecule has 1 aromatic heterocycles. The van der Waals surface area contributed by atoms with Gasteiger partial charge in [-0.25, -0.2) is 0 Å². The normalized spacial score (nSPS) is 11.6. The van der Waals surface area contributed by atoms with Gasteiger partial charge in [0.25, 0.3) is 5.91 Å². The van der Waals surface area contributed by atoms with Crippen LogP contribution >= 0.6 is 33.9 Å². The van der Waals surface area contributed by atoms with E-state index in [4.69, 9.17) is 9.47 Å². The maximum atomic E-state index is 12.6. The Hall–Kier alpha value is -2.20. The summed E-state index contributed by atoms with van der Waals surface area (Å²) in [5, 5.41) is 0. The molecule has 2 aromatic carbocycles. The second-order valence-corrected chi connectivity index (χ2v) is 7.42. The monoisotopic (exact) mass is 482 g/mol. The molecule has 0 saturated heterocycles. The summed E-state index contributed by atoms with van der Waals surface area (Å²) >= 11 is 3.42. The smallest absolute Gasteiger partial charge is 0.325 e. The fourth-order valence-corrected chi connectivity index (χ4v) is 4.13. The summed E-state index contributed by atoms with van der Waals surface area (Å²) in [5.74, 6) is -0.191. The minimum Gasteiger partial charge on any atom is -0.495 e. The third-order valence-corrected chi connectivity index (χ3v) is 5.68. The van der Waals surface area contributed by atoms with Gasteiger partial charge in [0, 0.05) is 3.57 Å². The third kappa shape index (κ3) is 3.65. The lowest BCUT2D eigenvalue weighted by Crippen LogP contribution is -2.22. The number of esters is 1. The minimum absolute atomic E-state index is 0.0606. The second-order valence-electron chi connectivity index (χ2n) is 5.25. The summed E-state index contributed by atoms with van der Waals surface area (Å²) in [7, 11) is 2.88. The van der Waals surface area contributed by atoms with Crippen LogP contribution in [0.15, 0.2) is 47.5 Å². The van der Waals surface area contributed by atoms with E-state index in [9.17, 15) is 9.59 Å². The molecule has 1 amide bonds. The number of benzene rings is 2. The van der Waals surface area contributed by atoms with Crippen LogP contribution in [0.25, 0.3) is 10.2 Å². The van der Waals surface area contributed by atoms with Crippen LogP contribution in [0.4, 0.5) is 0 Å². The van der Waals surface area contributed by atoms with Gasteiger partial charge in [0.1, 0.15) is 17.8 Å². The van der Waals surface area contributed by atoms with Crippen molar-refractivity contribution in [2.45, 2.75) is 6.54 Å². The Kier molecular flexibility index (Phi) is 5.72. The molecule has 0 unspecified atom stereocenters. The molecule has 26 heavy (non-hydrogen) atoms. The lowest BCUT2D eigenvalue weighted by Gasteiger charge is -2.07. The highest BCUT2D eigenvalue weighted by molar-refractivity contribution is 14.1. The van der Waals surface area contributed by atoms with Crippen molar-refractivity contribution in [2.75, 3.05) is 14.2 Å². The maximum absolute atomic E-state index is 12.6. The van der Waals surface area contributed by atoms with Gasteiger partial charge < -0.3 is 14.0 Å². The molecule has 3 aromatic rings. The van der Waals surface area contributed by atoms with Crippen molar-refractivity contribution < 1.29 is 19.1 Å². The van der Waals surface area contributed by atoms with E-state index in [1.54, 1.807) is 29.9 Å². The van der Waals surface area contributed by atoms with Crippen molar-refractivity contribution in [2.24, 2.45) is 4.99 Å². The number of carbonyl (C=O) groups excluding carboxylic acids is 2. The predicted molar refractivity (Wildman–Crippen MR) is 107 cm³/mol. The van der Waals surface area contributed by atoms with E-state index < -0.39 is 5.97 Å². The van der Waals surface area contributed by atoms with Gasteiger partial charge >= 0.3 is 5.97 Å². The zero-order valence-electron chi connectivity index (χ0n) is 14.1. The van der Waals surface area contributed by atoms with Crippen molar-refractivity contribution in [1.29, 1.82) is 0 Å². The number of aromatic nitrogens is 1. The molecule has 8 heteroatoms. The fourth-order valence-electron chi connectivity index (χ4n) is 2.47. The number of ether oxygens (including phenoxy) is 2. The fraction of sp³-hybridized carbons (Fsp3) is 0.167. The number of para-hydroxylation sites is 1. The van der Waals surface area contributed by atoms with Gasteiger partial charge in [-0.05, 0) is 46.9 Å². The molecule has 0 atom stereocenters. The SMILES string of the molecule is COC(=O)Cn1c(=NC(=O)c2ccccc2I)sc2cccc(OC)c21. The Morgan fingerprint density at radius 1 is 1.15 bits per heavy atom. The number of hydrogen-bond donors (Lipinski definition) is 0. The molecule has 0 fully saturated rings. The summed E-state index contributed by atoms with van der Waals surface area (Å²) in [6, 6.07) is 12.8. The molecular formula is C18H15IN2O4S. The highest BCUT2D eigenvalue weighted by atomic mass is 127. The molecule has 0 saturated carbocycles. The molecule has 0 spiro atoms. The number of nitrogens with zero attached hydrogens (tertiary/aromatic N) is 2. The van der Waals surface area contributed by atoms with Gasteiger partial charge in [0.05, 0.1) is 24.5 Å². The lowest BCUT2D eigenvalue weighted by molar-refractivity contribution is -0.141. The molecule has 0 radical (unpaired) electrons.